The molecule has 0 spiro atoms. The normalized spacial score (nSPS) is 11.3. The molecule has 2 N–H and O–H groups in total. The van der Waals surface area contributed by atoms with Crippen molar-refractivity contribution in [2.75, 3.05) is 5.32 Å². The van der Waals surface area contributed by atoms with Crippen molar-refractivity contribution in [3.63, 3.8) is 0 Å². The summed E-state index contributed by atoms with van der Waals surface area (Å²) in [7, 11) is 0. The molecule has 0 bridgehead atoms. The number of rotatable bonds is 8. The van der Waals surface area contributed by atoms with Gasteiger partial charge in [0, 0.05) is 21.8 Å². The molecule has 0 aromatic heterocycles. The first-order valence-corrected chi connectivity index (χ1v) is 12.3. The number of benzene rings is 4. The maximum Gasteiger partial charge on any atom is 0.272 e. The van der Waals surface area contributed by atoms with Gasteiger partial charge in [-0.05, 0) is 78.7 Å². The number of allylic oxidation sites excluding steroid dienone is 1. The lowest BCUT2D eigenvalue weighted by molar-refractivity contribution is -0.113. The Morgan fingerprint density at radius 3 is 2.00 bits per heavy atom. The minimum absolute atomic E-state index is 0.0914. The van der Waals surface area contributed by atoms with Gasteiger partial charge in [-0.2, -0.15) is 0 Å². The van der Waals surface area contributed by atoms with E-state index in [9.17, 15) is 14.4 Å². The van der Waals surface area contributed by atoms with E-state index >= 15 is 0 Å². The third-order valence-electron chi connectivity index (χ3n) is 5.64. The third-order valence-corrected chi connectivity index (χ3v) is 5.89. The van der Waals surface area contributed by atoms with Crippen molar-refractivity contribution in [1.82, 2.24) is 5.32 Å². The number of carbonyl (C=O) groups excluding carboxylic acids is 3. The van der Waals surface area contributed by atoms with Crippen LogP contribution in [0.4, 0.5) is 5.69 Å². The van der Waals surface area contributed by atoms with Gasteiger partial charge >= 0.3 is 0 Å². The van der Waals surface area contributed by atoms with Crippen LogP contribution in [0.5, 0.6) is 0 Å². The van der Waals surface area contributed by atoms with Crippen molar-refractivity contribution < 1.29 is 14.4 Å². The Morgan fingerprint density at radius 2 is 1.34 bits per heavy atom. The molecule has 6 heteroatoms. The molecule has 0 saturated carbocycles. The summed E-state index contributed by atoms with van der Waals surface area (Å²) in [6.45, 7) is 1.97. The van der Waals surface area contributed by atoms with Crippen LogP contribution in [0, 0.1) is 6.92 Å². The van der Waals surface area contributed by atoms with Crippen LogP contribution in [0.2, 0.25) is 5.02 Å². The smallest absolute Gasteiger partial charge is 0.272 e. The molecule has 4 aromatic rings. The van der Waals surface area contributed by atoms with E-state index in [4.69, 9.17) is 11.6 Å². The number of carbonyl (C=O) groups is 3. The van der Waals surface area contributed by atoms with Gasteiger partial charge in [0.05, 0.1) is 0 Å². The number of amides is 2. The van der Waals surface area contributed by atoms with Gasteiger partial charge in [-0.15, -0.1) is 0 Å². The zero-order valence-corrected chi connectivity index (χ0v) is 21.4. The number of halogens is 1. The summed E-state index contributed by atoms with van der Waals surface area (Å²) < 4.78 is 0. The predicted molar refractivity (Wildman–Crippen MR) is 153 cm³/mol. The van der Waals surface area contributed by atoms with Crippen LogP contribution in [0.1, 0.15) is 37.4 Å². The largest absolute Gasteiger partial charge is 0.321 e. The van der Waals surface area contributed by atoms with E-state index < -0.39 is 11.8 Å². The van der Waals surface area contributed by atoms with Gasteiger partial charge in [-0.25, -0.2) is 0 Å². The van der Waals surface area contributed by atoms with Gasteiger partial charge in [-0.1, -0.05) is 77.8 Å². The van der Waals surface area contributed by atoms with Crippen molar-refractivity contribution in [2.24, 2.45) is 0 Å². The lowest BCUT2D eigenvalue weighted by Gasteiger charge is -2.12. The maximum absolute atomic E-state index is 13.2. The number of anilines is 1. The zero-order valence-electron chi connectivity index (χ0n) is 20.6. The highest BCUT2D eigenvalue weighted by Crippen LogP contribution is 2.15. The van der Waals surface area contributed by atoms with Crippen LogP contribution < -0.4 is 10.6 Å². The molecule has 0 heterocycles. The van der Waals surface area contributed by atoms with Crippen LogP contribution in [0.25, 0.3) is 12.2 Å². The van der Waals surface area contributed by atoms with E-state index in [-0.39, 0.29) is 11.5 Å². The number of nitrogens with one attached hydrogen (secondary N) is 2. The molecular formula is C32H25ClN2O3. The minimum atomic E-state index is -0.489. The average Bonchev–Trinajstić information content (AvgIpc) is 2.94. The number of hydrogen-bond acceptors (Lipinski definition) is 3. The molecule has 0 saturated heterocycles. The first kappa shape index (κ1) is 26.3. The summed E-state index contributed by atoms with van der Waals surface area (Å²) in [4.78, 5) is 38.5. The number of ketones is 1. The van der Waals surface area contributed by atoms with Crippen LogP contribution >= 0.6 is 11.6 Å². The van der Waals surface area contributed by atoms with E-state index in [0.29, 0.717) is 21.8 Å². The molecule has 0 radical (unpaired) electrons. The summed E-state index contributed by atoms with van der Waals surface area (Å²) >= 11 is 5.89. The molecule has 2 amide bonds. The van der Waals surface area contributed by atoms with E-state index in [2.05, 4.69) is 10.6 Å². The van der Waals surface area contributed by atoms with Crippen LogP contribution in [-0.4, -0.2) is 17.6 Å². The maximum atomic E-state index is 13.2. The first-order chi connectivity index (χ1) is 18.4. The highest BCUT2D eigenvalue weighted by atomic mass is 35.5. The molecule has 0 unspecified atom stereocenters. The van der Waals surface area contributed by atoms with Gasteiger partial charge < -0.3 is 10.6 Å². The summed E-state index contributed by atoms with van der Waals surface area (Å²) in [5, 5.41) is 6.14. The molecule has 188 valence electrons. The minimum Gasteiger partial charge on any atom is -0.321 e. The summed E-state index contributed by atoms with van der Waals surface area (Å²) in [5.41, 5.74) is 4.19. The van der Waals surface area contributed by atoms with Crippen molar-refractivity contribution >= 4 is 47.0 Å². The first-order valence-electron chi connectivity index (χ1n) is 11.9. The highest BCUT2D eigenvalue weighted by Gasteiger charge is 2.15. The van der Waals surface area contributed by atoms with E-state index in [1.165, 1.54) is 6.08 Å². The van der Waals surface area contributed by atoms with Gasteiger partial charge in [0.1, 0.15) is 5.70 Å². The zero-order chi connectivity index (χ0) is 26.9. The summed E-state index contributed by atoms with van der Waals surface area (Å²) in [6.07, 6.45) is 4.82. The molecule has 0 aliphatic rings. The second-order valence-corrected chi connectivity index (χ2v) is 9.01. The van der Waals surface area contributed by atoms with E-state index in [1.807, 2.05) is 49.4 Å². The van der Waals surface area contributed by atoms with Gasteiger partial charge in [0.15, 0.2) is 5.78 Å². The van der Waals surface area contributed by atoms with Crippen molar-refractivity contribution in [2.45, 2.75) is 6.92 Å². The summed E-state index contributed by atoms with van der Waals surface area (Å²) in [5.74, 6) is -1.06. The molecule has 4 rings (SSSR count). The lowest BCUT2D eigenvalue weighted by atomic mass is 10.1. The van der Waals surface area contributed by atoms with E-state index in [0.717, 1.165) is 16.7 Å². The Bertz CT molecular complexity index is 1490. The topological polar surface area (TPSA) is 75.3 Å². The van der Waals surface area contributed by atoms with Crippen molar-refractivity contribution in [1.29, 1.82) is 0 Å². The molecule has 0 aliphatic heterocycles. The molecule has 0 atom stereocenters. The quantitative estimate of drug-likeness (QED) is 0.195. The second-order valence-electron chi connectivity index (χ2n) is 8.57. The highest BCUT2D eigenvalue weighted by molar-refractivity contribution is 6.30. The fraction of sp³-hybridized carbons (Fsp3) is 0.0312. The number of aryl methyl sites for hydroxylation is 1. The molecular weight excluding hydrogens is 496 g/mol. The monoisotopic (exact) mass is 520 g/mol. The SMILES string of the molecule is Cc1ccc(/C=C(\NC(=O)c2ccccc2)C(=O)Nc2ccc(C(=O)/C=C/c3ccc(Cl)cc3)cc2)cc1. The lowest BCUT2D eigenvalue weighted by Crippen LogP contribution is -2.30. The van der Waals surface area contributed by atoms with Crippen molar-refractivity contribution in [3.05, 3.63) is 148 Å². The van der Waals surface area contributed by atoms with Crippen LogP contribution in [-0.2, 0) is 4.79 Å². The molecule has 5 nitrogen and oxygen atoms in total. The number of hydrogen-bond donors (Lipinski definition) is 2. The Morgan fingerprint density at radius 1 is 0.711 bits per heavy atom. The molecule has 38 heavy (non-hydrogen) atoms. The summed E-state index contributed by atoms with van der Waals surface area (Å²) in [6, 6.07) is 30.0. The molecule has 4 aromatic carbocycles. The molecule has 0 fully saturated rings. The van der Waals surface area contributed by atoms with Crippen LogP contribution in [0.3, 0.4) is 0 Å². The fourth-order valence-electron chi connectivity index (χ4n) is 3.53. The van der Waals surface area contributed by atoms with E-state index in [1.54, 1.807) is 72.8 Å². The second kappa shape index (κ2) is 12.5. The average molecular weight is 521 g/mol. The third kappa shape index (κ3) is 7.38. The fourth-order valence-corrected chi connectivity index (χ4v) is 3.66. The van der Waals surface area contributed by atoms with Gasteiger partial charge in [0.2, 0.25) is 0 Å². The Kier molecular flexibility index (Phi) is 8.65. The Labute approximate surface area is 226 Å². The van der Waals surface area contributed by atoms with Gasteiger partial charge in [0.25, 0.3) is 11.8 Å². The standard InChI is InChI=1S/C32H25ClN2O3/c1-22-7-9-24(10-8-22)21-29(35-31(37)26-5-3-2-4-6-26)32(38)34-28-18-14-25(15-19-28)30(36)20-13-23-11-16-27(33)17-12-23/h2-21H,1H3,(H,34,38)(H,35,37)/b20-13+,29-21-. The van der Waals surface area contributed by atoms with Gasteiger partial charge in [-0.3, -0.25) is 14.4 Å². The Balaban J connectivity index is 1.48. The molecule has 0 aliphatic carbocycles. The predicted octanol–water partition coefficient (Wildman–Crippen LogP) is 6.95. The van der Waals surface area contributed by atoms with Crippen molar-refractivity contribution in [3.8, 4) is 0 Å². The Hall–Kier alpha value is -4.74. The van der Waals surface area contributed by atoms with Crippen LogP contribution in [0.15, 0.2) is 115 Å².